The quantitative estimate of drug-likeness (QED) is 0.574. The Labute approximate surface area is 164 Å². The van der Waals surface area contributed by atoms with E-state index in [2.05, 4.69) is 20.6 Å². The zero-order valence-corrected chi connectivity index (χ0v) is 16.1. The van der Waals surface area contributed by atoms with Gasteiger partial charge in [0.2, 0.25) is 5.13 Å². The van der Waals surface area contributed by atoms with Crippen LogP contribution in [0.2, 0.25) is 0 Å². The summed E-state index contributed by atoms with van der Waals surface area (Å²) in [6.07, 6.45) is 0. The van der Waals surface area contributed by atoms with E-state index in [9.17, 15) is 9.59 Å². The molecular weight excluding hydrogens is 374 g/mol. The van der Waals surface area contributed by atoms with Crippen molar-refractivity contribution in [3.63, 3.8) is 0 Å². The molecule has 0 fully saturated rings. The molecular formula is C20H17N5O2S. The van der Waals surface area contributed by atoms with Gasteiger partial charge in [0.15, 0.2) is 5.69 Å². The van der Waals surface area contributed by atoms with Crippen LogP contribution in [-0.4, -0.2) is 25.9 Å². The molecule has 28 heavy (non-hydrogen) atoms. The fraction of sp³-hybridized carbons (Fsp3) is 0.150. The van der Waals surface area contributed by atoms with E-state index in [-0.39, 0.29) is 17.2 Å². The molecule has 0 spiro atoms. The number of para-hydroxylation sites is 1. The zero-order chi connectivity index (χ0) is 19.7. The van der Waals surface area contributed by atoms with E-state index in [4.69, 9.17) is 0 Å². The van der Waals surface area contributed by atoms with E-state index in [0.29, 0.717) is 21.6 Å². The number of carbonyl (C=O) groups excluding carboxylic acids is 1. The van der Waals surface area contributed by atoms with Crippen LogP contribution < -0.4 is 10.9 Å². The first kappa shape index (κ1) is 18.0. The van der Waals surface area contributed by atoms with Crippen LogP contribution in [0.1, 0.15) is 35.3 Å². The average Bonchev–Trinajstić information content (AvgIpc) is 3.18. The Morgan fingerprint density at radius 1 is 1.00 bits per heavy atom. The highest BCUT2D eigenvalue weighted by Gasteiger charge is 2.19. The molecule has 1 amide bonds. The molecule has 0 aliphatic heterocycles. The summed E-state index contributed by atoms with van der Waals surface area (Å²) in [7, 11) is 0. The molecule has 0 saturated carbocycles. The van der Waals surface area contributed by atoms with Crippen molar-refractivity contribution in [1.29, 1.82) is 0 Å². The van der Waals surface area contributed by atoms with Crippen molar-refractivity contribution in [1.82, 2.24) is 20.0 Å². The molecule has 1 N–H and O–H groups in total. The van der Waals surface area contributed by atoms with Gasteiger partial charge in [-0.2, -0.15) is 9.78 Å². The maximum absolute atomic E-state index is 13.0. The fourth-order valence-electron chi connectivity index (χ4n) is 2.78. The number of hydrogen-bond donors (Lipinski definition) is 1. The second-order valence-corrected chi connectivity index (χ2v) is 7.51. The predicted molar refractivity (Wildman–Crippen MR) is 109 cm³/mol. The van der Waals surface area contributed by atoms with Gasteiger partial charge in [-0.05, 0) is 18.2 Å². The van der Waals surface area contributed by atoms with E-state index in [1.807, 2.05) is 32.0 Å². The van der Waals surface area contributed by atoms with E-state index in [1.165, 1.54) is 16.0 Å². The maximum atomic E-state index is 13.0. The molecule has 0 atom stereocenters. The number of nitrogens with zero attached hydrogens (tertiary/aromatic N) is 4. The van der Waals surface area contributed by atoms with E-state index in [1.54, 1.807) is 36.4 Å². The number of amides is 1. The van der Waals surface area contributed by atoms with Crippen molar-refractivity contribution >= 4 is 33.1 Å². The van der Waals surface area contributed by atoms with Crippen LogP contribution in [0.4, 0.5) is 5.13 Å². The largest absolute Gasteiger partial charge is 0.295 e. The molecule has 4 rings (SSSR count). The number of anilines is 1. The van der Waals surface area contributed by atoms with Crippen LogP contribution in [0.3, 0.4) is 0 Å². The number of benzene rings is 2. The molecule has 0 aliphatic rings. The van der Waals surface area contributed by atoms with Crippen molar-refractivity contribution in [3.8, 4) is 5.69 Å². The van der Waals surface area contributed by atoms with Crippen LogP contribution >= 0.6 is 11.3 Å². The lowest BCUT2D eigenvalue weighted by atomic mass is 10.1. The van der Waals surface area contributed by atoms with Gasteiger partial charge in [-0.25, -0.2) is 0 Å². The third-order valence-corrected chi connectivity index (χ3v) is 5.32. The topological polar surface area (TPSA) is 89.8 Å². The molecule has 0 aliphatic carbocycles. The fourth-order valence-corrected chi connectivity index (χ4v) is 3.52. The SMILES string of the molecule is CC(C)c1nnc(NC(=O)c2nn(-c3ccccc3)c(=O)c3ccccc23)s1. The van der Waals surface area contributed by atoms with Gasteiger partial charge in [0.05, 0.1) is 11.1 Å². The third-order valence-electron chi connectivity index (χ3n) is 4.18. The Morgan fingerprint density at radius 2 is 1.68 bits per heavy atom. The normalized spacial score (nSPS) is 11.1. The van der Waals surface area contributed by atoms with Gasteiger partial charge in [0.1, 0.15) is 5.01 Å². The average molecular weight is 391 g/mol. The van der Waals surface area contributed by atoms with Crippen LogP contribution in [-0.2, 0) is 0 Å². The van der Waals surface area contributed by atoms with Gasteiger partial charge in [0.25, 0.3) is 11.5 Å². The molecule has 2 heterocycles. The number of hydrogen-bond acceptors (Lipinski definition) is 6. The van der Waals surface area contributed by atoms with Crippen molar-refractivity contribution in [3.05, 3.63) is 75.7 Å². The Bertz CT molecular complexity index is 1210. The minimum absolute atomic E-state index is 0.153. The van der Waals surface area contributed by atoms with E-state index in [0.717, 1.165) is 5.01 Å². The maximum Gasteiger partial charge on any atom is 0.279 e. The van der Waals surface area contributed by atoms with Crippen LogP contribution in [0, 0.1) is 0 Å². The summed E-state index contributed by atoms with van der Waals surface area (Å²) < 4.78 is 1.25. The summed E-state index contributed by atoms with van der Waals surface area (Å²) in [5.41, 5.74) is 0.460. The Hall–Kier alpha value is -3.39. The Kier molecular flexibility index (Phi) is 4.70. The van der Waals surface area contributed by atoms with Gasteiger partial charge < -0.3 is 0 Å². The number of carbonyl (C=O) groups is 1. The molecule has 0 radical (unpaired) electrons. The number of rotatable bonds is 4. The smallest absolute Gasteiger partial charge is 0.279 e. The highest BCUT2D eigenvalue weighted by molar-refractivity contribution is 7.15. The molecule has 2 aromatic carbocycles. The number of aromatic nitrogens is 4. The van der Waals surface area contributed by atoms with Gasteiger partial charge in [-0.15, -0.1) is 10.2 Å². The first-order valence-electron chi connectivity index (χ1n) is 8.77. The summed E-state index contributed by atoms with van der Waals surface area (Å²) >= 11 is 1.32. The third kappa shape index (κ3) is 3.29. The lowest BCUT2D eigenvalue weighted by Gasteiger charge is -2.10. The summed E-state index contributed by atoms with van der Waals surface area (Å²) in [4.78, 5) is 25.8. The predicted octanol–water partition coefficient (Wildman–Crippen LogP) is 3.61. The summed E-state index contributed by atoms with van der Waals surface area (Å²) in [6.45, 7) is 4.02. The molecule has 0 saturated heterocycles. The standard InChI is InChI=1S/C20H17N5O2S/c1-12(2)18-22-23-20(28-18)21-17(26)16-14-10-6-7-11-15(14)19(27)25(24-16)13-8-4-3-5-9-13/h3-12H,1-2H3,(H,21,23,26). The molecule has 4 aromatic rings. The summed E-state index contributed by atoms with van der Waals surface area (Å²) in [5.74, 6) is -0.213. The lowest BCUT2D eigenvalue weighted by molar-refractivity contribution is 0.102. The Morgan fingerprint density at radius 3 is 2.36 bits per heavy atom. The van der Waals surface area contributed by atoms with Crippen molar-refractivity contribution < 1.29 is 4.79 Å². The monoisotopic (exact) mass is 391 g/mol. The van der Waals surface area contributed by atoms with Crippen LogP contribution in [0.5, 0.6) is 0 Å². The molecule has 8 heteroatoms. The molecule has 0 unspecified atom stereocenters. The highest BCUT2D eigenvalue weighted by atomic mass is 32.1. The second kappa shape index (κ2) is 7.32. The molecule has 2 aromatic heterocycles. The number of fused-ring (bicyclic) bond motifs is 1. The van der Waals surface area contributed by atoms with E-state index < -0.39 is 5.91 Å². The highest BCUT2D eigenvalue weighted by Crippen LogP contribution is 2.23. The zero-order valence-electron chi connectivity index (χ0n) is 15.3. The second-order valence-electron chi connectivity index (χ2n) is 6.50. The van der Waals surface area contributed by atoms with Gasteiger partial charge >= 0.3 is 0 Å². The summed E-state index contributed by atoms with van der Waals surface area (Å²) in [5, 5.41) is 17.4. The molecule has 140 valence electrons. The lowest BCUT2D eigenvalue weighted by Crippen LogP contribution is -2.26. The van der Waals surface area contributed by atoms with Gasteiger partial charge in [-0.1, -0.05) is 61.6 Å². The number of nitrogens with one attached hydrogen (secondary N) is 1. The van der Waals surface area contributed by atoms with E-state index >= 15 is 0 Å². The van der Waals surface area contributed by atoms with Gasteiger partial charge in [-0.3, -0.25) is 14.9 Å². The van der Waals surface area contributed by atoms with Gasteiger partial charge in [0, 0.05) is 11.3 Å². The van der Waals surface area contributed by atoms with Crippen molar-refractivity contribution in [2.75, 3.05) is 5.32 Å². The van der Waals surface area contributed by atoms with Crippen molar-refractivity contribution in [2.24, 2.45) is 0 Å². The van der Waals surface area contributed by atoms with Crippen molar-refractivity contribution in [2.45, 2.75) is 19.8 Å². The minimum atomic E-state index is -0.438. The molecule has 0 bridgehead atoms. The molecule has 7 nitrogen and oxygen atoms in total. The Balaban J connectivity index is 1.82. The first-order valence-corrected chi connectivity index (χ1v) is 9.58. The first-order chi connectivity index (χ1) is 13.5. The minimum Gasteiger partial charge on any atom is -0.295 e. The van der Waals surface area contributed by atoms with Crippen LogP contribution in [0.15, 0.2) is 59.4 Å². The summed E-state index contributed by atoms with van der Waals surface area (Å²) in [6, 6.07) is 16.0. The van der Waals surface area contributed by atoms with Crippen LogP contribution in [0.25, 0.3) is 16.5 Å².